The molecular formula is C19H17F3O3. The first kappa shape index (κ1) is 18.7. The van der Waals surface area contributed by atoms with Crippen molar-refractivity contribution in [1.29, 1.82) is 0 Å². The van der Waals surface area contributed by atoms with E-state index in [0.29, 0.717) is 28.7 Å². The second-order valence-electron chi connectivity index (χ2n) is 5.69. The number of aldehydes is 1. The van der Waals surface area contributed by atoms with Crippen LogP contribution < -0.4 is 4.74 Å². The molecule has 6 heteroatoms. The van der Waals surface area contributed by atoms with Crippen LogP contribution in [0, 0.1) is 12.8 Å². The van der Waals surface area contributed by atoms with Crippen LogP contribution in [0.5, 0.6) is 5.75 Å². The largest absolute Gasteiger partial charge is 0.497 e. The van der Waals surface area contributed by atoms with Crippen LogP contribution in [-0.4, -0.2) is 19.2 Å². The lowest BCUT2D eigenvalue weighted by Crippen LogP contribution is -2.20. The van der Waals surface area contributed by atoms with Gasteiger partial charge in [-0.05, 0) is 54.8 Å². The first-order valence-electron chi connectivity index (χ1n) is 7.56. The number of carbonyl (C=O) groups is 2. The maximum atomic E-state index is 12.6. The van der Waals surface area contributed by atoms with E-state index < -0.39 is 17.7 Å². The van der Waals surface area contributed by atoms with Gasteiger partial charge in [0.25, 0.3) is 0 Å². The van der Waals surface area contributed by atoms with Crippen LogP contribution in [0.4, 0.5) is 13.2 Å². The Balaban J connectivity index is 2.19. The fourth-order valence-electron chi connectivity index (χ4n) is 2.53. The van der Waals surface area contributed by atoms with Crippen molar-refractivity contribution < 1.29 is 27.5 Å². The lowest BCUT2D eigenvalue weighted by Gasteiger charge is -2.13. The first-order chi connectivity index (χ1) is 11.8. The molecule has 132 valence electrons. The highest BCUT2D eigenvalue weighted by Gasteiger charge is 2.30. The number of carbonyl (C=O) groups excluding carboxylic acids is 2. The zero-order chi connectivity index (χ0) is 18.6. The van der Waals surface area contributed by atoms with Gasteiger partial charge in [-0.1, -0.05) is 12.1 Å². The molecule has 0 radical (unpaired) electrons. The zero-order valence-electron chi connectivity index (χ0n) is 13.8. The van der Waals surface area contributed by atoms with E-state index in [9.17, 15) is 22.8 Å². The van der Waals surface area contributed by atoms with Crippen molar-refractivity contribution in [2.45, 2.75) is 19.5 Å². The molecular weight excluding hydrogens is 333 g/mol. The maximum absolute atomic E-state index is 12.6. The van der Waals surface area contributed by atoms with Gasteiger partial charge in [-0.2, -0.15) is 13.2 Å². The second-order valence-corrected chi connectivity index (χ2v) is 5.69. The van der Waals surface area contributed by atoms with Crippen molar-refractivity contribution in [3.8, 4) is 5.75 Å². The van der Waals surface area contributed by atoms with E-state index >= 15 is 0 Å². The average molecular weight is 350 g/mol. The zero-order valence-corrected chi connectivity index (χ0v) is 13.8. The summed E-state index contributed by atoms with van der Waals surface area (Å²) in [5.41, 5.74) is 0.786. The van der Waals surface area contributed by atoms with Crippen molar-refractivity contribution in [2.24, 2.45) is 5.92 Å². The van der Waals surface area contributed by atoms with Gasteiger partial charge in [-0.15, -0.1) is 0 Å². The van der Waals surface area contributed by atoms with E-state index in [4.69, 9.17) is 4.74 Å². The normalized spacial score (nSPS) is 12.5. The van der Waals surface area contributed by atoms with Crippen LogP contribution in [-0.2, 0) is 17.4 Å². The van der Waals surface area contributed by atoms with Crippen LogP contribution >= 0.6 is 0 Å². The summed E-state index contributed by atoms with van der Waals surface area (Å²) in [5, 5.41) is 0. The summed E-state index contributed by atoms with van der Waals surface area (Å²) in [6, 6.07) is 9.36. The lowest BCUT2D eigenvalue weighted by atomic mass is 9.90. The van der Waals surface area contributed by atoms with Crippen molar-refractivity contribution in [3.05, 3.63) is 64.7 Å². The Morgan fingerprint density at radius 3 is 2.28 bits per heavy atom. The highest BCUT2D eigenvalue weighted by Crippen LogP contribution is 2.29. The molecule has 3 nitrogen and oxygen atoms in total. The molecule has 1 unspecified atom stereocenters. The Labute approximate surface area is 143 Å². The Morgan fingerprint density at radius 2 is 1.80 bits per heavy atom. The Hall–Kier alpha value is -2.63. The van der Waals surface area contributed by atoms with Gasteiger partial charge in [0.05, 0.1) is 18.6 Å². The summed E-state index contributed by atoms with van der Waals surface area (Å²) in [6.07, 6.45) is -3.84. The summed E-state index contributed by atoms with van der Waals surface area (Å²) in [7, 11) is 1.51. The Kier molecular flexibility index (Phi) is 5.62. The number of halogens is 3. The number of ether oxygens (including phenoxy) is 1. The fraction of sp³-hybridized carbons (Fsp3) is 0.263. The molecule has 0 heterocycles. The quantitative estimate of drug-likeness (QED) is 0.444. The van der Waals surface area contributed by atoms with E-state index in [0.717, 1.165) is 12.1 Å². The molecule has 25 heavy (non-hydrogen) atoms. The van der Waals surface area contributed by atoms with Gasteiger partial charge in [0, 0.05) is 5.56 Å². The smallest absolute Gasteiger partial charge is 0.416 e. The molecule has 2 aromatic carbocycles. The number of benzene rings is 2. The third-order valence-electron chi connectivity index (χ3n) is 3.94. The van der Waals surface area contributed by atoms with E-state index in [1.807, 2.05) is 0 Å². The molecule has 1 atom stereocenters. The minimum atomic E-state index is -4.42. The third-order valence-corrected chi connectivity index (χ3v) is 3.94. The molecule has 2 rings (SSSR count). The molecule has 0 saturated carbocycles. The predicted octanol–water partition coefficient (Wildman–Crippen LogP) is 4.26. The number of Topliss-reactive ketones (excluding diaryl/α,β-unsaturated/α-hetero) is 1. The summed E-state index contributed by atoms with van der Waals surface area (Å²) >= 11 is 0. The molecule has 0 aliphatic carbocycles. The highest BCUT2D eigenvalue weighted by molar-refractivity contribution is 6.06. The van der Waals surface area contributed by atoms with Crippen LogP contribution in [0.15, 0.2) is 42.5 Å². The second kappa shape index (κ2) is 7.51. The van der Waals surface area contributed by atoms with Crippen LogP contribution in [0.2, 0.25) is 0 Å². The van der Waals surface area contributed by atoms with Gasteiger partial charge in [-0.25, -0.2) is 0 Å². The fourth-order valence-corrected chi connectivity index (χ4v) is 2.53. The first-order valence-corrected chi connectivity index (χ1v) is 7.56. The van der Waals surface area contributed by atoms with Gasteiger partial charge in [0.15, 0.2) is 5.78 Å². The van der Waals surface area contributed by atoms with Gasteiger partial charge >= 0.3 is 6.18 Å². The molecule has 0 fully saturated rings. The van der Waals surface area contributed by atoms with Gasteiger partial charge in [0.1, 0.15) is 12.0 Å². The number of rotatable bonds is 6. The number of aryl methyl sites for hydroxylation is 1. The molecule has 0 aliphatic heterocycles. The summed E-state index contributed by atoms with van der Waals surface area (Å²) in [6.45, 7) is 1.73. The third kappa shape index (κ3) is 4.47. The molecule has 0 aromatic heterocycles. The summed E-state index contributed by atoms with van der Waals surface area (Å²) < 4.78 is 42.8. The molecule has 2 aromatic rings. The summed E-state index contributed by atoms with van der Waals surface area (Å²) in [5.74, 6) is -0.724. The van der Waals surface area contributed by atoms with E-state index in [2.05, 4.69) is 0 Å². The molecule has 0 N–H and O–H groups in total. The van der Waals surface area contributed by atoms with E-state index in [1.165, 1.54) is 19.2 Å². The van der Waals surface area contributed by atoms with Gasteiger partial charge in [-0.3, -0.25) is 4.79 Å². The highest BCUT2D eigenvalue weighted by atomic mass is 19.4. The number of hydrogen-bond donors (Lipinski definition) is 0. The monoisotopic (exact) mass is 350 g/mol. The van der Waals surface area contributed by atoms with Crippen molar-refractivity contribution in [1.82, 2.24) is 0 Å². The van der Waals surface area contributed by atoms with Crippen LogP contribution in [0.3, 0.4) is 0 Å². The van der Waals surface area contributed by atoms with Crippen LogP contribution in [0.25, 0.3) is 0 Å². The molecule has 0 amide bonds. The molecule has 0 spiro atoms. The molecule has 0 aliphatic rings. The number of hydrogen-bond acceptors (Lipinski definition) is 3. The van der Waals surface area contributed by atoms with E-state index in [-0.39, 0.29) is 12.2 Å². The van der Waals surface area contributed by atoms with Gasteiger partial charge < -0.3 is 9.53 Å². The minimum Gasteiger partial charge on any atom is -0.497 e. The number of ketones is 1. The topological polar surface area (TPSA) is 43.4 Å². The molecule has 0 bridgehead atoms. The average Bonchev–Trinajstić information content (AvgIpc) is 2.58. The van der Waals surface area contributed by atoms with Gasteiger partial charge in [0.2, 0.25) is 0 Å². The SMILES string of the molecule is COc1ccc(C(=O)C(C=O)Cc2ccc(C(F)(F)F)cc2)c(C)c1. The Bertz CT molecular complexity index is 764. The maximum Gasteiger partial charge on any atom is 0.416 e. The van der Waals surface area contributed by atoms with Crippen LogP contribution in [0.1, 0.15) is 27.0 Å². The number of alkyl halides is 3. The minimum absolute atomic E-state index is 0.0476. The van der Waals surface area contributed by atoms with Crippen molar-refractivity contribution >= 4 is 12.1 Å². The van der Waals surface area contributed by atoms with Crippen molar-refractivity contribution in [3.63, 3.8) is 0 Å². The summed E-state index contributed by atoms with van der Waals surface area (Å²) in [4.78, 5) is 23.9. The predicted molar refractivity (Wildman–Crippen MR) is 86.8 cm³/mol. The van der Waals surface area contributed by atoms with E-state index in [1.54, 1.807) is 25.1 Å². The molecule has 0 saturated heterocycles. The Morgan fingerprint density at radius 1 is 1.16 bits per heavy atom. The standard InChI is InChI=1S/C19H17F3O3/c1-12-9-16(25-2)7-8-17(12)18(24)14(11-23)10-13-3-5-15(6-4-13)19(20,21)22/h3-9,11,14H,10H2,1-2H3. The number of methoxy groups -OCH3 is 1. The lowest BCUT2D eigenvalue weighted by molar-refractivity contribution is -0.137. The van der Waals surface area contributed by atoms with Crippen molar-refractivity contribution in [2.75, 3.05) is 7.11 Å².